The van der Waals surface area contributed by atoms with E-state index in [0.717, 1.165) is 23.4 Å². The number of carbonyl (C=O) groups excluding carboxylic acids is 1. The van der Waals surface area contributed by atoms with Gasteiger partial charge in [0.1, 0.15) is 11.8 Å². The lowest BCUT2D eigenvalue weighted by Gasteiger charge is -2.17. The average molecular weight is 284 g/mol. The smallest absolute Gasteiger partial charge is 0.244 e. The summed E-state index contributed by atoms with van der Waals surface area (Å²) in [5.41, 5.74) is 7.14. The Morgan fingerprint density at radius 3 is 2.62 bits per heavy atom. The summed E-state index contributed by atoms with van der Waals surface area (Å²) in [6, 6.07) is 16.4. The molecule has 3 N–H and O–H groups in total. The Bertz CT molecular complexity index is 584. The van der Waals surface area contributed by atoms with E-state index < -0.39 is 11.9 Å². The molecule has 0 aliphatic carbocycles. The van der Waals surface area contributed by atoms with Crippen molar-refractivity contribution in [3.05, 3.63) is 60.2 Å². The Morgan fingerprint density at radius 2 is 1.95 bits per heavy atom. The summed E-state index contributed by atoms with van der Waals surface area (Å²) in [5, 5.41) is 3.16. The topological polar surface area (TPSA) is 64.3 Å². The minimum Gasteiger partial charge on any atom is -0.494 e. The minimum absolute atomic E-state index is 0.416. The van der Waals surface area contributed by atoms with E-state index in [1.165, 1.54) is 0 Å². The Hall–Kier alpha value is -2.49. The van der Waals surface area contributed by atoms with Gasteiger partial charge in [-0.15, -0.1) is 0 Å². The number of anilines is 1. The second-order valence-corrected chi connectivity index (χ2v) is 4.77. The monoisotopic (exact) mass is 284 g/mol. The fourth-order valence-electron chi connectivity index (χ4n) is 2.03. The van der Waals surface area contributed by atoms with Gasteiger partial charge in [0.2, 0.25) is 5.91 Å². The van der Waals surface area contributed by atoms with Crippen LogP contribution in [0.3, 0.4) is 0 Å². The third-order valence-corrected chi connectivity index (χ3v) is 3.04. The third kappa shape index (κ3) is 4.24. The fraction of sp³-hybridized carbons (Fsp3) is 0.235. The Balaban J connectivity index is 2.16. The highest BCUT2D eigenvalue weighted by Crippen LogP contribution is 2.23. The van der Waals surface area contributed by atoms with Crippen LogP contribution in [0.15, 0.2) is 54.6 Å². The van der Waals surface area contributed by atoms with Gasteiger partial charge in [-0.2, -0.15) is 0 Å². The highest BCUT2D eigenvalue weighted by Gasteiger charge is 2.17. The number of hydrogen-bond acceptors (Lipinski definition) is 3. The van der Waals surface area contributed by atoms with Gasteiger partial charge in [-0.3, -0.25) is 4.79 Å². The molecule has 1 atom stereocenters. The lowest BCUT2D eigenvalue weighted by atomic mass is 10.1. The molecular formula is C17H20N2O2. The molecule has 0 fully saturated rings. The van der Waals surface area contributed by atoms with Gasteiger partial charge in [0.15, 0.2) is 0 Å². The van der Waals surface area contributed by atoms with Crippen LogP contribution in [0, 0.1) is 0 Å². The van der Waals surface area contributed by atoms with Crippen LogP contribution in [0.25, 0.3) is 0 Å². The van der Waals surface area contributed by atoms with Crippen molar-refractivity contribution in [2.75, 3.05) is 11.9 Å². The quantitative estimate of drug-likeness (QED) is 0.821. The van der Waals surface area contributed by atoms with Gasteiger partial charge in [-0.25, -0.2) is 0 Å². The van der Waals surface area contributed by atoms with E-state index in [1.807, 2.05) is 54.6 Å². The highest BCUT2D eigenvalue weighted by molar-refractivity contribution is 5.84. The van der Waals surface area contributed by atoms with E-state index in [2.05, 4.69) is 12.2 Å². The van der Waals surface area contributed by atoms with Gasteiger partial charge in [0, 0.05) is 11.8 Å². The van der Waals surface area contributed by atoms with Crippen LogP contribution < -0.4 is 15.8 Å². The van der Waals surface area contributed by atoms with E-state index in [9.17, 15) is 4.79 Å². The first-order valence-corrected chi connectivity index (χ1v) is 7.04. The average Bonchev–Trinajstić information content (AvgIpc) is 2.51. The zero-order valence-electron chi connectivity index (χ0n) is 12.1. The Morgan fingerprint density at radius 1 is 1.19 bits per heavy atom. The molecule has 2 aromatic rings. The molecule has 110 valence electrons. The maximum atomic E-state index is 11.7. The van der Waals surface area contributed by atoms with E-state index in [1.54, 1.807) is 0 Å². The number of hydrogen-bond donors (Lipinski definition) is 2. The van der Waals surface area contributed by atoms with Crippen LogP contribution in [0.1, 0.15) is 24.9 Å². The van der Waals surface area contributed by atoms with E-state index in [0.29, 0.717) is 6.61 Å². The summed E-state index contributed by atoms with van der Waals surface area (Å²) in [5.74, 6) is 0.360. The van der Waals surface area contributed by atoms with Gasteiger partial charge >= 0.3 is 0 Å². The number of rotatable bonds is 7. The molecule has 0 spiro atoms. The molecule has 0 saturated carbocycles. The van der Waals surface area contributed by atoms with Gasteiger partial charge in [-0.05, 0) is 24.1 Å². The predicted octanol–water partition coefficient (Wildman–Crippen LogP) is 3.11. The molecule has 0 unspecified atom stereocenters. The molecule has 0 bridgehead atoms. The van der Waals surface area contributed by atoms with Crippen LogP contribution in [-0.2, 0) is 4.79 Å². The normalized spacial score (nSPS) is 11.7. The van der Waals surface area contributed by atoms with Gasteiger partial charge in [0.25, 0.3) is 0 Å². The number of carbonyl (C=O) groups is 1. The highest BCUT2D eigenvalue weighted by atomic mass is 16.5. The number of primary amides is 1. The molecule has 4 heteroatoms. The van der Waals surface area contributed by atoms with E-state index >= 15 is 0 Å². The molecule has 0 radical (unpaired) electrons. The molecule has 2 aromatic carbocycles. The molecular weight excluding hydrogens is 264 g/mol. The van der Waals surface area contributed by atoms with Crippen LogP contribution in [0.4, 0.5) is 5.69 Å². The molecule has 4 nitrogen and oxygen atoms in total. The van der Waals surface area contributed by atoms with Crippen LogP contribution in [0.5, 0.6) is 5.75 Å². The number of nitrogens with two attached hydrogens (primary N) is 1. The second-order valence-electron chi connectivity index (χ2n) is 4.77. The largest absolute Gasteiger partial charge is 0.494 e. The standard InChI is InChI=1S/C17H20N2O2/c1-2-11-21-15-10-6-9-14(12-15)19-16(17(18)20)13-7-4-3-5-8-13/h3-10,12,16,19H,2,11H2,1H3,(H2,18,20)/t16-/m0/s1. The predicted molar refractivity (Wildman–Crippen MR) is 84.2 cm³/mol. The lowest BCUT2D eigenvalue weighted by Crippen LogP contribution is -2.27. The van der Waals surface area contributed by atoms with Crippen molar-refractivity contribution in [1.82, 2.24) is 0 Å². The molecule has 1 amide bonds. The molecule has 0 aromatic heterocycles. The number of amides is 1. The summed E-state index contributed by atoms with van der Waals surface area (Å²) in [6.07, 6.45) is 0.950. The van der Waals surface area contributed by atoms with Crippen molar-refractivity contribution >= 4 is 11.6 Å². The Labute approximate surface area is 124 Å². The van der Waals surface area contributed by atoms with Gasteiger partial charge < -0.3 is 15.8 Å². The van der Waals surface area contributed by atoms with Crippen molar-refractivity contribution in [3.8, 4) is 5.75 Å². The zero-order valence-corrected chi connectivity index (χ0v) is 12.1. The SMILES string of the molecule is CCCOc1cccc(N[C@H](C(N)=O)c2ccccc2)c1. The van der Waals surface area contributed by atoms with E-state index in [-0.39, 0.29) is 0 Å². The number of nitrogens with one attached hydrogen (secondary N) is 1. The molecule has 0 heterocycles. The molecule has 0 aliphatic rings. The maximum absolute atomic E-state index is 11.7. The molecule has 0 aliphatic heterocycles. The molecule has 0 saturated heterocycles. The van der Waals surface area contributed by atoms with Crippen LogP contribution in [-0.4, -0.2) is 12.5 Å². The first kappa shape index (κ1) is 14.9. The van der Waals surface area contributed by atoms with Crippen molar-refractivity contribution in [3.63, 3.8) is 0 Å². The van der Waals surface area contributed by atoms with Crippen LogP contribution >= 0.6 is 0 Å². The molecule has 2 rings (SSSR count). The number of benzene rings is 2. The van der Waals surface area contributed by atoms with E-state index in [4.69, 9.17) is 10.5 Å². The zero-order chi connectivity index (χ0) is 15.1. The van der Waals surface area contributed by atoms with Gasteiger partial charge in [-0.1, -0.05) is 43.3 Å². The summed E-state index contributed by atoms with van der Waals surface area (Å²) in [7, 11) is 0. The van der Waals surface area contributed by atoms with Crippen molar-refractivity contribution in [1.29, 1.82) is 0 Å². The minimum atomic E-state index is -0.562. The van der Waals surface area contributed by atoms with Crippen LogP contribution in [0.2, 0.25) is 0 Å². The maximum Gasteiger partial charge on any atom is 0.244 e. The Kier molecular flexibility index (Phi) is 5.21. The molecule has 21 heavy (non-hydrogen) atoms. The summed E-state index contributed by atoms with van der Waals surface area (Å²) >= 11 is 0. The van der Waals surface area contributed by atoms with Crippen molar-refractivity contribution in [2.45, 2.75) is 19.4 Å². The van der Waals surface area contributed by atoms with Crippen molar-refractivity contribution < 1.29 is 9.53 Å². The lowest BCUT2D eigenvalue weighted by molar-refractivity contribution is -0.118. The second kappa shape index (κ2) is 7.33. The summed E-state index contributed by atoms with van der Waals surface area (Å²) in [4.78, 5) is 11.7. The first-order chi connectivity index (χ1) is 10.2. The fourth-order valence-corrected chi connectivity index (χ4v) is 2.03. The summed E-state index contributed by atoms with van der Waals surface area (Å²) < 4.78 is 5.59. The number of ether oxygens (including phenoxy) is 1. The van der Waals surface area contributed by atoms with Crippen molar-refractivity contribution in [2.24, 2.45) is 5.73 Å². The van der Waals surface area contributed by atoms with Gasteiger partial charge in [0.05, 0.1) is 6.61 Å². The first-order valence-electron chi connectivity index (χ1n) is 7.04. The third-order valence-electron chi connectivity index (χ3n) is 3.04. The summed E-state index contributed by atoms with van der Waals surface area (Å²) in [6.45, 7) is 2.72.